The summed E-state index contributed by atoms with van der Waals surface area (Å²) in [5, 5.41) is 0. The molecule has 2 heterocycles. The summed E-state index contributed by atoms with van der Waals surface area (Å²) < 4.78 is 80.5. The topological polar surface area (TPSA) is 116 Å². The molecule has 0 spiro atoms. The number of pyridine rings is 1. The van der Waals surface area contributed by atoms with E-state index in [0.717, 1.165) is 12.3 Å². The van der Waals surface area contributed by atoms with Crippen molar-refractivity contribution in [3.8, 4) is 5.75 Å². The number of rotatable bonds is 8. The maximum absolute atomic E-state index is 14.8. The Morgan fingerprint density at radius 2 is 1.83 bits per heavy atom. The first-order valence-corrected chi connectivity index (χ1v) is 11.0. The zero-order chi connectivity index (χ0) is 22.4. The first kappa shape index (κ1) is 22.4. The highest BCUT2D eigenvalue weighted by Gasteiger charge is 2.50. The van der Waals surface area contributed by atoms with Crippen LogP contribution in [0.5, 0.6) is 5.75 Å². The predicted octanol–water partition coefficient (Wildman–Crippen LogP) is 2.23. The first-order valence-electron chi connectivity index (χ1n) is 9.14. The van der Waals surface area contributed by atoms with Crippen molar-refractivity contribution in [2.75, 3.05) is 18.1 Å². The van der Waals surface area contributed by atoms with Gasteiger partial charge in [-0.2, -0.15) is 13.2 Å². The second-order valence-corrected chi connectivity index (χ2v) is 10.1. The largest absolute Gasteiger partial charge is 0.484 e. The standard InChI is InChI=1S/C18H20F4N2O5S/c19-17(2-1-3-17)11-7-24-12(4-14(11)29-8-18(20,21)22)13(25)5-16(6-15(23)26)9-30(27,28)10-16/h4,7H,1-3,5-6,8-10H2,(H2,23,26). The molecule has 7 nitrogen and oxygen atoms in total. The lowest BCUT2D eigenvalue weighted by Crippen LogP contribution is -2.51. The number of amides is 1. The van der Waals surface area contributed by atoms with Crippen LogP contribution in [0.1, 0.15) is 48.2 Å². The van der Waals surface area contributed by atoms with E-state index in [4.69, 9.17) is 10.5 Å². The number of primary amides is 1. The number of Topliss-reactive ketones (excluding diaryl/α,β-unsaturated/α-hetero) is 1. The molecule has 1 aromatic heterocycles. The van der Waals surface area contributed by atoms with Gasteiger partial charge in [-0.25, -0.2) is 12.8 Å². The number of carbonyl (C=O) groups is 2. The van der Waals surface area contributed by atoms with Crippen LogP contribution in [0.4, 0.5) is 17.6 Å². The van der Waals surface area contributed by atoms with E-state index in [9.17, 15) is 35.6 Å². The molecule has 30 heavy (non-hydrogen) atoms. The van der Waals surface area contributed by atoms with Gasteiger partial charge in [-0.05, 0) is 19.3 Å². The van der Waals surface area contributed by atoms with Crippen LogP contribution < -0.4 is 10.5 Å². The average Bonchev–Trinajstić information content (AvgIpc) is 2.54. The van der Waals surface area contributed by atoms with Crippen LogP contribution in [0.2, 0.25) is 0 Å². The molecule has 2 aliphatic rings. The molecule has 1 aliphatic carbocycles. The monoisotopic (exact) mass is 452 g/mol. The fourth-order valence-corrected chi connectivity index (χ4v) is 6.11. The van der Waals surface area contributed by atoms with Crippen LogP contribution in [-0.4, -0.2) is 49.4 Å². The molecule has 0 unspecified atom stereocenters. The number of hydrogen-bond acceptors (Lipinski definition) is 6. The van der Waals surface area contributed by atoms with Gasteiger partial charge in [0.25, 0.3) is 0 Å². The quantitative estimate of drug-likeness (QED) is 0.478. The van der Waals surface area contributed by atoms with Crippen LogP contribution in [0.15, 0.2) is 12.3 Å². The van der Waals surface area contributed by atoms with E-state index in [1.54, 1.807) is 0 Å². The number of alkyl halides is 4. The van der Waals surface area contributed by atoms with Crippen LogP contribution in [0, 0.1) is 5.41 Å². The molecule has 1 amide bonds. The summed E-state index contributed by atoms with van der Waals surface area (Å²) >= 11 is 0. The second-order valence-electron chi connectivity index (χ2n) is 8.06. The Bertz CT molecular complexity index is 961. The minimum atomic E-state index is -4.67. The smallest absolute Gasteiger partial charge is 0.422 e. The van der Waals surface area contributed by atoms with Gasteiger partial charge in [0.05, 0.1) is 11.5 Å². The van der Waals surface area contributed by atoms with Gasteiger partial charge in [0.1, 0.15) is 17.1 Å². The van der Waals surface area contributed by atoms with E-state index in [0.29, 0.717) is 6.42 Å². The van der Waals surface area contributed by atoms with Gasteiger partial charge in [0, 0.05) is 36.1 Å². The van der Waals surface area contributed by atoms with E-state index < -0.39 is 62.6 Å². The maximum Gasteiger partial charge on any atom is 0.422 e. The number of halogens is 4. The lowest BCUT2D eigenvalue weighted by Gasteiger charge is -2.39. The SMILES string of the molecule is NC(=O)CC1(CC(=O)c2cc(OCC(F)(F)F)c(C3(F)CCC3)cn2)CS(=O)(=O)C1. The molecule has 2 fully saturated rings. The predicted molar refractivity (Wildman–Crippen MR) is 96.3 cm³/mol. The lowest BCUT2D eigenvalue weighted by molar-refractivity contribution is -0.154. The van der Waals surface area contributed by atoms with Crippen molar-refractivity contribution < 1.29 is 40.3 Å². The van der Waals surface area contributed by atoms with Gasteiger partial charge in [0.15, 0.2) is 22.2 Å². The number of hydrogen-bond donors (Lipinski definition) is 1. The zero-order valence-corrected chi connectivity index (χ0v) is 16.6. The van der Waals surface area contributed by atoms with Gasteiger partial charge in [-0.15, -0.1) is 0 Å². The molecule has 12 heteroatoms. The summed E-state index contributed by atoms with van der Waals surface area (Å²) in [7, 11) is -3.40. The van der Waals surface area contributed by atoms with E-state index in [-0.39, 0.29) is 36.9 Å². The number of aromatic nitrogens is 1. The third-order valence-corrected chi connectivity index (χ3v) is 7.41. The molecule has 0 aromatic carbocycles. The summed E-state index contributed by atoms with van der Waals surface area (Å²) in [4.78, 5) is 27.8. The van der Waals surface area contributed by atoms with E-state index in [2.05, 4.69) is 4.98 Å². The molecule has 1 aliphatic heterocycles. The molecule has 166 valence electrons. The maximum atomic E-state index is 14.8. The van der Waals surface area contributed by atoms with Crippen molar-refractivity contribution in [1.29, 1.82) is 0 Å². The number of ether oxygens (including phenoxy) is 1. The fourth-order valence-electron chi connectivity index (χ4n) is 3.92. The number of nitrogens with two attached hydrogens (primary N) is 1. The van der Waals surface area contributed by atoms with Crippen LogP contribution in [0.3, 0.4) is 0 Å². The molecule has 0 radical (unpaired) electrons. The molecule has 3 rings (SSSR count). The van der Waals surface area contributed by atoms with Crippen molar-refractivity contribution in [3.05, 3.63) is 23.5 Å². The Morgan fingerprint density at radius 1 is 1.20 bits per heavy atom. The molecule has 1 saturated carbocycles. The summed E-state index contributed by atoms with van der Waals surface area (Å²) in [6.07, 6.45) is -3.65. The number of carbonyl (C=O) groups excluding carboxylic acids is 2. The Morgan fingerprint density at radius 3 is 2.30 bits per heavy atom. The highest BCUT2D eigenvalue weighted by Crippen LogP contribution is 2.48. The average molecular weight is 452 g/mol. The number of sulfone groups is 1. The van der Waals surface area contributed by atoms with E-state index in [1.165, 1.54) is 0 Å². The van der Waals surface area contributed by atoms with Gasteiger partial charge in [0.2, 0.25) is 5.91 Å². The minimum absolute atomic E-state index is 0.101. The van der Waals surface area contributed by atoms with Crippen molar-refractivity contribution in [3.63, 3.8) is 0 Å². The highest BCUT2D eigenvalue weighted by atomic mass is 32.2. The second kappa shape index (κ2) is 7.47. The Balaban J connectivity index is 1.86. The van der Waals surface area contributed by atoms with Gasteiger partial charge in [-0.3, -0.25) is 14.6 Å². The fraction of sp³-hybridized carbons (Fsp3) is 0.611. The molecule has 0 atom stereocenters. The van der Waals surface area contributed by atoms with Crippen molar-refractivity contribution in [2.24, 2.45) is 11.1 Å². The van der Waals surface area contributed by atoms with Gasteiger partial charge >= 0.3 is 6.18 Å². The number of ketones is 1. The normalized spacial score (nSPS) is 21.2. The van der Waals surface area contributed by atoms with Crippen LogP contribution in [0.25, 0.3) is 0 Å². The summed E-state index contributed by atoms with van der Waals surface area (Å²) in [6, 6.07) is 0.939. The summed E-state index contributed by atoms with van der Waals surface area (Å²) in [5.74, 6) is -2.72. The van der Waals surface area contributed by atoms with Crippen molar-refractivity contribution >= 4 is 21.5 Å². The Kier molecular flexibility index (Phi) is 5.59. The third-order valence-electron chi connectivity index (χ3n) is 5.31. The molecule has 0 bridgehead atoms. The number of nitrogens with zero attached hydrogens (tertiary/aromatic N) is 1. The van der Waals surface area contributed by atoms with Gasteiger partial charge < -0.3 is 10.5 Å². The minimum Gasteiger partial charge on any atom is -0.484 e. The molecule has 2 N–H and O–H groups in total. The van der Waals surface area contributed by atoms with E-state index in [1.807, 2.05) is 0 Å². The molecular weight excluding hydrogens is 432 g/mol. The third kappa shape index (κ3) is 4.90. The summed E-state index contributed by atoms with van der Waals surface area (Å²) in [6.45, 7) is -1.67. The lowest BCUT2D eigenvalue weighted by atomic mass is 9.77. The van der Waals surface area contributed by atoms with Crippen LogP contribution in [-0.2, 0) is 20.3 Å². The molecular formula is C18H20F4N2O5S. The van der Waals surface area contributed by atoms with Crippen LogP contribution >= 0.6 is 0 Å². The van der Waals surface area contributed by atoms with Crippen molar-refractivity contribution in [1.82, 2.24) is 4.98 Å². The highest BCUT2D eigenvalue weighted by molar-refractivity contribution is 7.92. The summed E-state index contributed by atoms with van der Waals surface area (Å²) in [5.41, 5.74) is 1.65. The van der Waals surface area contributed by atoms with E-state index >= 15 is 0 Å². The molecule has 1 saturated heterocycles. The molecule has 1 aromatic rings. The zero-order valence-electron chi connectivity index (χ0n) is 15.8. The Hall–Kier alpha value is -2.24. The first-order chi connectivity index (χ1) is 13.7. The van der Waals surface area contributed by atoms with Crippen molar-refractivity contribution in [2.45, 2.75) is 43.9 Å². The van der Waals surface area contributed by atoms with Gasteiger partial charge in [-0.1, -0.05) is 0 Å². The Labute approximate surface area is 169 Å².